The quantitative estimate of drug-likeness (QED) is 0.198. The van der Waals surface area contributed by atoms with E-state index in [1.807, 2.05) is 0 Å². The second-order valence-electron chi connectivity index (χ2n) is 10.0. The van der Waals surface area contributed by atoms with Crippen molar-refractivity contribution in [3.63, 3.8) is 0 Å². The lowest BCUT2D eigenvalue weighted by atomic mass is 9.86. The van der Waals surface area contributed by atoms with Gasteiger partial charge in [-0.15, -0.1) is 0 Å². The van der Waals surface area contributed by atoms with E-state index in [0.717, 1.165) is 24.8 Å². The number of hydrogen-bond acceptors (Lipinski definition) is 4. The van der Waals surface area contributed by atoms with Crippen LogP contribution < -0.4 is 15.8 Å². The minimum absolute atomic E-state index is 0.179. The van der Waals surface area contributed by atoms with E-state index in [0.29, 0.717) is 28.6 Å². The molecule has 0 radical (unpaired) electrons. The lowest BCUT2D eigenvalue weighted by Gasteiger charge is -2.26. The molecule has 0 aromatic heterocycles. The van der Waals surface area contributed by atoms with Crippen molar-refractivity contribution in [1.29, 1.82) is 0 Å². The predicted octanol–water partition coefficient (Wildman–Crippen LogP) is 7.84. The number of nitrogens with one attached hydrogen (secondary N) is 1. The van der Waals surface area contributed by atoms with Crippen LogP contribution in [0.3, 0.4) is 0 Å². The number of benzene rings is 2. The first kappa shape index (κ1) is 27.8. The van der Waals surface area contributed by atoms with Crippen molar-refractivity contribution < 1.29 is 14.6 Å². The van der Waals surface area contributed by atoms with Gasteiger partial charge in [0.15, 0.2) is 6.10 Å². The second kappa shape index (κ2) is 13.5. The Balaban J connectivity index is 2.10. The molecule has 1 atom stereocenters. The highest BCUT2D eigenvalue weighted by molar-refractivity contribution is 6.33. The van der Waals surface area contributed by atoms with E-state index < -0.39 is 6.10 Å². The minimum Gasteiger partial charge on any atom is -0.508 e. The first-order valence-corrected chi connectivity index (χ1v) is 12.9. The Hall–Kier alpha value is -2.40. The van der Waals surface area contributed by atoms with Gasteiger partial charge in [-0.1, -0.05) is 84.2 Å². The molecule has 0 aliphatic carbocycles. The first-order valence-electron chi connectivity index (χ1n) is 12.5. The summed E-state index contributed by atoms with van der Waals surface area (Å²) >= 11 is 6.02. The fourth-order valence-corrected chi connectivity index (χ4v) is 4.03. The van der Waals surface area contributed by atoms with Gasteiger partial charge < -0.3 is 20.9 Å². The Morgan fingerprint density at radius 1 is 1.03 bits per heavy atom. The number of unbranched alkanes of at least 4 members (excludes halogenated alkanes) is 7. The molecule has 1 unspecified atom stereocenters. The van der Waals surface area contributed by atoms with Gasteiger partial charge in [0.1, 0.15) is 11.5 Å². The number of carbonyl (C=O) groups excluding carboxylic acids is 1. The number of phenols is 1. The summed E-state index contributed by atoms with van der Waals surface area (Å²) in [6, 6.07) is 10.1. The minimum atomic E-state index is -0.664. The lowest BCUT2D eigenvalue weighted by Crippen LogP contribution is -2.33. The topological polar surface area (TPSA) is 84.6 Å². The largest absolute Gasteiger partial charge is 0.508 e. The van der Waals surface area contributed by atoms with E-state index in [2.05, 4.69) is 33.0 Å². The Bertz CT molecular complexity index is 924. The van der Waals surface area contributed by atoms with Gasteiger partial charge in [-0.3, -0.25) is 4.79 Å². The molecule has 188 valence electrons. The molecule has 4 N–H and O–H groups in total. The number of rotatable bonds is 13. The van der Waals surface area contributed by atoms with Crippen molar-refractivity contribution in [2.24, 2.45) is 0 Å². The molecule has 2 aromatic carbocycles. The zero-order valence-corrected chi connectivity index (χ0v) is 21.9. The van der Waals surface area contributed by atoms with Crippen LogP contribution in [0.15, 0.2) is 36.4 Å². The van der Waals surface area contributed by atoms with Crippen molar-refractivity contribution in [1.82, 2.24) is 0 Å². The van der Waals surface area contributed by atoms with Crippen molar-refractivity contribution in [2.75, 3.05) is 11.1 Å². The SMILES string of the molecule is CCCCCCCCCCC(Oc1ccc(O)cc1C(C)(C)C)C(=O)Nc1ccc(Cl)c(N)c1. The van der Waals surface area contributed by atoms with Crippen molar-refractivity contribution in [3.05, 3.63) is 47.0 Å². The Morgan fingerprint density at radius 2 is 1.68 bits per heavy atom. The molecule has 0 heterocycles. The Labute approximate surface area is 210 Å². The average molecular weight is 489 g/mol. The molecule has 6 heteroatoms. The molecule has 0 saturated carbocycles. The van der Waals surface area contributed by atoms with Crippen LogP contribution in [0.4, 0.5) is 11.4 Å². The van der Waals surface area contributed by atoms with Crippen LogP contribution in [0.5, 0.6) is 11.5 Å². The molecule has 0 saturated heterocycles. The van der Waals surface area contributed by atoms with Gasteiger partial charge in [0.2, 0.25) is 0 Å². The highest BCUT2D eigenvalue weighted by Gasteiger charge is 2.25. The third-order valence-corrected chi connectivity index (χ3v) is 6.26. The number of hydrogen-bond donors (Lipinski definition) is 3. The highest BCUT2D eigenvalue weighted by Crippen LogP contribution is 2.35. The second-order valence-corrected chi connectivity index (χ2v) is 10.4. The summed E-state index contributed by atoms with van der Waals surface area (Å²) in [5.41, 5.74) is 7.50. The number of phenolic OH excluding ortho intramolecular Hbond substituents is 1. The molecule has 2 rings (SSSR count). The van der Waals surface area contributed by atoms with Crippen LogP contribution in [0.1, 0.15) is 91.0 Å². The maximum atomic E-state index is 13.2. The van der Waals surface area contributed by atoms with Crippen LogP contribution in [-0.2, 0) is 10.2 Å². The zero-order valence-electron chi connectivity index (χ0n) is 21.1. The summed E-state index contributed by atoms with van der Waals surface area (Å²) in [5.74, 6) is 0.566. The van der Waals surface area contributed by atoms with Crippen LogP contribution in [0, 0.1) is 0 Å². The number of anilines is 2. The first-order chi connectivity index (χ1) is 16.1. The van der Waals surface area contributed by atoms with E-state index in [-0.39, 0.29) is 17.1 Å². The van der Waals surface area contributed by atoms with Gasteiger partial charge in [0.05, 0.1) is 10.7 Å². The van der Waals surface area contributed by atoms with E-state index in [4.69, 9.17) is 22.1 Å². The maximum absolute atomic E-state index is 13.2. The summed E-state index contributed by atoms with van der Waals surface area (Å²) in [6.07, 6.45) is 9.42. The van der Waals surface area contributed by atoms with E-state index in [1.54, 1.807) is 36.4 Å². The van der Waals surface area contributed by atoms with Crippen LogP contribution in [0.2, 0.25) is 5.02 Å². The molecule has 0 aliphatic rings. The molecule has 0 aliphatic heterocycles. The molecule has 0 bridgehead atoms. The Kier molecular flexibility index (Phi) is 11.0. The van der Waals surface area contributed by atoms with Gasteiger partial charge >= 0.3 is 0 Å². The molecule has 0 fully saturated rings. The molecule has 0 spiro atoms. The summed E-state index contributed by atoms with van der Waals surface area (Å²) in [6.45, 7) is 8.39. The van der Waals surface area contributed by atoms with Crippen molar-refractivity contribution >= 4 is 28.9 Å². The number of amides is 1. The molecule has 5 nitrogen and oxygen atoms in total. The van der Waals surface area contributed by atoms with E-state index in [1.165, 1.54) is 32.1 Å². The van der Waals surface area contributed by atoms with Crippen LogP contribution in [-0.4, -0.2) is 17.1 Å². The number of halogens is 1. The normalized spacial score (nSPS) is 12.4. The number of aromatic hydroxyl groups is 1. The van der Waals surface area contributed by atoms with Gasteiger partial charge in [-0.05, 0) is 54.7 Å². The predicted molar refractivity (Wildman–Crippen MR) is 143 cm³/mol. The zero-order chi connectivity index (χ0) is 25.1. The van der Waals surface area contributed by atoms with Crippen LogP contribution in [0.25, 0.3) is 0 Å². The van der Waals surface area contributed by atoms with Gasteiger partial charge in [-0.2, -0.15) is 0 Å². The smallest absolute Gasteiger partial charge is 0.265 e. The summed E-state index contributed by atoms with van der Waals surface area (Å²) < 4.78 is 6.29. The summed E-state index contributed by atoms with van der Waals surface area (Å²) in [4.78, 5) is 13.2. The molecular formula is C28H41ClN2O3. The highest BCUT2D eigenvalue weighted by atomic mass is 35.5. The van der Waals surface area contributed by atoms with Crippen LogP contribution >= 0.6 is 11.6 Å². The number of ether oxygens (including phenoxy) is 1. The number of carbonyl (C=O) groups is 1. The third kappa shape index (κ3) is 9.09. The summed E-state index contributed by atoms with van der Waals surface area (Å²) in [5, 5.41) is 13.4. The maximum Gasteiger partial charge on any atom is 0.265 e. The van der Waals surface area contributed by atoms with Crippen molar-refractivity contribution in [2.45, 2.75) is 97.0 Å². The van der Waals surface area contributed by atoms with E-state index >= 15 is 0 Å². The van der Waals surface area contributed by atoms with Gasteiger partial charge in [-0.25, -0.2) is 0 Å². The third-order valence-electron chi connectivity index (χ3n) is 5.92. The van der Waals surface area contributed by atoms with Crippen molar-refractivity contribution in [3.8, 4) is 11.5 Å². The number of nitrogens with two attached hydrogens (primary N) is 1. The molecule has 1 amide bonds. The van der Waals surface area contributed by atoms with Gasteiger partial charge in [0, 0.05) is 11.3 Å². The lowest BCUT2D eigenvalue weighted by molar-refractivity contribution is -0.123. The monoisotopic (exact) mass is 488 g/mol. The summed E-state index contributed by atoms with van der Waals surface area (Å²) in [7, 11) is 0. The molecular weight excluding hydrogens is 448 g/mol. The average Bonchev–Trinajstić information content (AvgIpc) is 2.77. The molecule has 34 heavy (non-hydrogen) atoms. The standard InChI is InChI=1S/C28H41ClN2O3/c1-5-6-7-8-9-10-11-12-13-26(27(33)31-20-14-16-23(29)24(30)18-20)34-25-17-15-21(32)19-22(25)28(2,3)4/h14-19,26,32H,5-13,30H2,1-4H3,(H,31,33). The van der Waals surface area contributed by atoms with E-state index in [9.17, 15) is 9.90 Å². The molecule has 2 aromatic rings. The fourth-order valence-electron chi connectivity index (χ4n) is 3.91. The Morgan fingerprint density at radius 3 is 2.29 bits per heavy atom. The number of nitrogen functional groups attached to an aromatic ring is 1. The fraction of sp³-hybridized carbons (Fsp3) is 0.536. The van der Waals surface area contributed by atoms with Gasteiger partial charge in [0.25, 0.3) is 5.91 Å².